The van der Waals surface area contributed by atoms with Gasteiger partial charge in [0.15, 0.2) is 0 Å². The van der Waals surface area contributed by atoms with E-state index in [1.54, 1.807) is 48.5 Å². The van der Waals surface area contributed by atoms with Crippen molar-refractivity contribution in [2.24, 2.45) is 0 Å². The number of alkyl carbamates (subject to hydrolysis) is 2. The van der Waals surface area contributed by atoms with Crippen molar-refractivity contribution in [3.8, 4) is 22.3 Å². The number of hydrogen-bond donors (Lipinski definition) is 3. The zero-order chi connectivity index (χ0) is 42.9. The van der Waals surface area contributed by atoms with E-state index >= 15 is 0 Å². The van der Waals surface area contributed by atoms with Crippen molar-refractivity contribution >= 4 is 24.1 Å². The van der Waals surface area contributed by atoms with Crippen molar-refractivity contribution < 1.29 is 38.5 Å². The van der Waals surface area contributed by atoms with E-state index in [1.807, 2.05) is 84.9 Å². The lowest BCUT2D eigenvalue weighted by molar-refractivity contribution is -0.138. The number of rotatable bonds is 15. The molecule has 2 atom stereocenters. The highest BCUT2D eigenvalue weighted by Gasteiger charge is 2.24. The Bertz CT molecular complexity index is 1960. The van der Waals surface area contributed by atoms with Crippen LogP contribution in [0.15, 0.2) is 133 Å². The maximum absolute atomic E-state index is 12.3. The normalized spacial score (nSPS) is 12.1. The Morgan fingerprint density at radius 2 is 0.914 bits per heavy atom. The summed E-state index contributed by atoms with van der Waals surface area (Å²) in [7, 11) is 0. The van der Waals surface area contributed by atoms with Crippen LogP contribution in [-0.2, 0) is 36.6 Å². The van der Waals surface area contributed by atoms with Crippen molar-refractivity contribution in [3.63, 3.8) is 0 Å². The van der Waals surface area contributed by atoms with Gasteiger partial charge in [-0.3, -0.25) is 0 Å². The zero-order valence-electron chi connectivity index (χ0n) is 34.8. The minimum atomic E-state index is -1.07. The highest BCUT2D eigenvalue weighted by Crippen LogP contribution is 2.22. The van der Waals surface area contributed by atoms with Crippen molar-refractivity contribution in [2.75, 3.05) is 6.61 Å². The van der Waals surface area contributed by atoms with E-state index in [4.69, 9.17) is 19.3 Å². The van der Waals surface area contributed by atoms with E-state index in [-0.39, 0.29) is 31.1 Å². The van der Waals surface area contributed by atoms with Crippen molar-refractivity contribution in [3.05, 3.63) is 145 Å². The first-order valence-electron chi connectivity index (χ1n) is 19.4. The third-order valence-corrected chi connectivity index (χ3v) is 8.38. The van der Waals surface area contributed by atoms with Gasteiger partial charge in [-0.25, -0.2) is 19.2 Å². The number of aliphatic carboxylic acids is 1. The minimum absolute atomic E-state index is 0.0435. The molecule has 0 spiro atoms. The predicted molar refractivity (Wildman–Crippen MR) is 229 cm³/mol. The van der Waals surface area contributed by atoms with Gasteiger partial charge in [-0.05, 0) is 108 Å². The van der Waals surface area contributed by atoms with Crippen LogP contribution < -0.4 is 10.6 Å². The number of hydrogen-bond acceptors (Lipinski definition) is 7. The van der Waals surface area contributed by atoms with Crippen LogP contribution in [0.4, 0.5) is 9.59 Å². The summed E-state index contributed by atoms with van der Waals surface area (Å²) >= 11 is 0. The van der Waals surface area contributed by atoms with E-state index in [1.165, 1.54) is 0 Å². The standard InChI is InChI=1S/C25H31NO4.C23H27NO4/c1-6-29-23(27)18(2)16-22(26-24(28)30-25(3,4)5)17-19-12-14-21(15-13-19)20-10-8-7-9-11-20;1-16(21(25)26)14-20(24-22(27)28-23(2,3)4)15-17-10-12-19(13-11-17)18-8-6-5-7-9-18/h7-15,22H,2,6,16-17H2,1,3-5H3,(H,26,28);5-13,20H,1,14-15H2,2-4H3,(H,24,27)(H,25,26). The molecule has 4 aromatic carbocycles. The molecule has 0 saturated carbocycles. The molecule has 0 bridgehead atoms. The van der Waals surface area contributed by atoms with Crippen molar-refractivity contribution in [1.82, 2.24) is 10.6 Å². The number of carbonyl (C=O) groups excluding carboxylic acids is 3. The first-order valence-corrected chi connectivity index (χ1v) is 19.4. The maximum Gasteiger partial charge on any atom is 0.407 e. The van der Waals surface area contributed by atoms with Crippen LogP contribution in [0.2, 0.25) is 0 Å². The Morgan fingerprint density at radius 3 is 1.24 bits per heavy atom. The third-order valence-electron chi connectivity index (χ3n) is 8.38. The number of carboxylic acid groups (broad SMARTS) is 1. The van der Waals surface area contributed by atoms with Crippen LogP contribution in [-0.4, -0.2) is 59.1 Å². The molecule has 4 aromatic rings. The van der Waals surface area contributed by atoms with Crippen LogP contribution in [0.5, 0.6) is 0 Å². The highest BCUT2D eigenvalue weighted by atomic mass is 16.6. The maximum atomic E-state index is 12.3. The fourth-order valence-corrected chi connectivity index (χ4v) is 5.79. The SMILES string of the molecule is C=C(CC(Cc1ccc(-c2ccccc2)cc1)NC(=O)OC(C)(C)C)C(=O)O.C=C(CC(Cc1ccc(-c2ccccc2)cc1)NC(=O)OC(C)(C)C)C(=O)OCC. The Hall–Kier alpha value is -6.16. The largest absolute Gasteiger partial charge is 0.478 e. The lowest BCUT2D eigenvalue weighted by atomic mass is 9.97. The van der Waals surface area contributed by atoms with Crippen LogP contribution in [0.25, 0.3) is 22.3 Å². The molecule has 58 heavy (non-hydrogen) atoms. The van der Waals surface area contributed by atoms with Crippen molar-refractivity contribution in [2.45, 2.75) is 97.4 Å². The van der Waals surface area contributed by atoms with Gasteiger partial charge in [-0.15, -0.1) is 0 Å². The fraction of sp³-hybridized carbons (Fsp3) is 0.333. The van der Waals surface area contributed by atoms with E-state index < -0.39 is 41.4 Å². The van der Waals surface area contributed by atoms with Crippen LogP contribution in [0.3, 0.4) is 0 Å². The average molecular weight is 791 g/mol. The molecule has 308 valence electrons. The molecule has 0 aliphatic rings. The van der Waals surface area contributed by atoms with Crippen LogP contribution in [0, 0.1) is 0 Å². The third kappa shape index (κ3) is 17.3. The highest BCUT2D eigenvalue weighted by molar-refractivity contribution is 5.88. The van der Waals surface area contributed by atoms with Gasteiger partial charge in [0.25, 0.3) is 0 Å². The molecule has 0 heterocycles. The second-order valence-electron chi connectivity index (χ2n) is 15.9. The van der Waals surface area contributed by atoms with Crippen molar-refractivity contribution in [1.29, 1.82) is 0 Å². The monoisotopic (exact) mass is 790 g/mol. The lowest BCUT2D eigenvalue weighted by Gasteiger charge is -2.24. The van der Waals surface area contributed by atoms with Gasteiger partial charge in [0.05, 0.1) is 6.61 Å². The Labute approximate surface area is 343 Å². The summed E-state index contributed by atoms with van der Waals surface area (Å²) in [6.07, 6.45) is 0.322. The number of esters is 1. The summed E-state index contributed by atoms with van der Waals surface area (Å²) in [5.41, 5.74) is 5.62. The van der Waals surface area contributed by atoms with Crippen LogP contribution >= 0.6 is 0 Å². The Morgan fingerprint density at radius 1 is 0.569 bits per heavy atom. The lowest BCUT2D eigenvalue weighted by Crippen LogP contribution is -2.40. The van der Waals surface area contributed by atoms with Crippen LogP contribution in [0.1, 0.15) is 72.4 Å². The first kappa shape index (κ1) is 46.2. The van der Waals surface area contributed by atoms with Gasteiger partial charge in [0, 0.05) is 23.2 Å². The second kappa shape index (κ2) is 22.0. The topological polar surface area (TPSA) is 140 Å². The summed E-state index contributed by atoms with van der Waals surface area (Å²) < 4.78 is 15.7. The number of nitrogens with one attached hydrogen (secondary N) is 2. The Balaban J connectivity index is 0.000000311. The summed E-state index contributed by atoms with van der Waals surface area (Å²) in [4.78, 5) is 47.6. The zero-order valence-corrected chi connectivity index (χ0v) is 34.8. The molecule has 10 heteroatoms. The molecular formula is C48H58N2O8. The average Bonchev–Trinajstić information content (AvgIpc) is 3.15. The number of carbonyl (C=O) groups is 4. The summed E-state index contributed by atoms with van der Waals surface area (Å²) in [6.45, 7) is 20.2. The van der Waals surface area contributed by atoms with Gasteiger partial charge in [-0.1, -0.05) is 122 Å². The molecule has 0 aliphatic carbocycles. The van der Waals surface area contributed by atoms with Gasteiger partial charge < -0.3 is 30.0 Å². The number of amides is 2. The minimum Gasteiger partial charge on any atom is -0.478 e. The van der Waals surface area contributed by atoms with Gasteiger partial charge in [0.1, 0.15) is 11.2 Å². The molecule has 0 aromatic heterocycles. The summed E-state index contributed by atoms with van der Waals surface area (Å²) in [5, 5.41) is 14.8. The molecule has 10 nitrogen and oxygen atoms in total. The molecule has 0 saturated heterocycles. The van der Waals surface area contributed by atoms with Gasteiger partial charge in [0.2, 0.25) is 0 Å². The summed E-state index contributed by atoms with van der Waals surface area (Å²) in [5.74, 6) is -1.52. The predicted octanol–water partition coefficient (Wildman–Crippen LogP) is 10.1. The molecule has 3 N–H and O–H groups in total. The van der Waals surface area contributed by atoms with E-state index in [9.17, 15) is 19.2 Å². The van der Waals surface area contributed by atoms with E-state index in [0.29, 0.717) is 18.4 Å². The number of carboxylic acids is 1. The molecule has 2 unspecified atom stereocenters. The second-order valence-corrected chi connectivity index (χ2v) is 15.9. The number of ether oxygens (including phenoxy) is 3. The molecule has 0 radical (unpaired) electrons. The molecule has 0 aliphatic heterocycles. The molecule has 2 amide bonds. The Kier molecular flexibility index (Phi) is 17.5. The summed E-state index contributed by atoms with van der Waals surface area (Å²) in [6, 6.07) is 35.5. The molecular weight excluding hydrogens is 733 g/mol. The van der Waals surface area contributed by atoms with E-state index in [2.05, 4.69) is 48.1 Å². The smallest absolute Gasteiger partial charge is 0.407 e. The quantitative estimate of drug-likeness (QED) is 0.0614. The number of benzene rings is 4. The first-order chi connectivity index (χ1) is 27.3. The molecule has 0 fully saturated rings. The fourth-order valence-electron chi connectivity index (χ4n) is 5.79. The van der Waals surface area contributed by atoms with Gasteiger partial charge in [-0.2, -0.15) is 0 Å². The molecule has 4 rings (SSSR count). The van der Waals surface area contributed by atoms with E-state index in [0.717, 1.165) is 33.4 Å². The van der Waals surface area contributed by atoms with Gasteiger partial charge >= 0.3 is 24.1 Å².